The molecule has 0 N–H and O–H groups in total. The van der Waals surface area contributed by atoms with E-state index in [0.717, 1.165) is 0 Å². The molecule has 0 spiro atoms. The molecule has 5 atom stereocenters. The van der Waals surface area contributed by atoms with E-state index in [2.05, 4.69) is 22.4 Å². The molecule has 0 radical (unpaired) electrons. The second-order valence-electron chi connectivity index (χ2n) is 4.88. The Labute approximate surface area is 123 Å². The second kappa shape index (κ2) is 7.47. The van der Waals surface area contributed by atoms with Gasteiger partial charge in [-0.05, 0) is 18.1 Å². The van der Waals surface area contributed by atoms with Gasteiger partial charge >= 0.3 is 11.9 Å². The van der Waals surface area contributed by atoms with Crippen molar-refractivity contribution in [1.29, 1.82) is 0 Å². The molecule has 6 nitrogen and oxygen atoms in total. The number of hydrogen-bond acceptors (Lipinski definition) is 7. The topological polar surface area (TPSA) is 74.2 Å². The molecule has 1 aliphatic heterocycles. The van der Waals surface area contributed by atoms with E-state index in [1.807, 2.05) is 13.8 Å². The van der Waals surface area contributed by atoms with Crippen molar-refractivity contribution >= 4 is 29.3 Å². The summed E-state index contributed by atoms with van der Waals surface area (Å²) in [6.07, 6.45) is -1.56. The Morgan fingerprint density at radius 3 is 2.40 bits per heavy atom. The number of isothiocyanates is 1. The molecule has 0 aromatic carbocycles. The van der Waals surface area contributed by atoms with Crippen LogP contribution in [0.3, 0.4) is 0 Å². The van der Waals surface area contributed by atoms with Gasteiger partial charge in [-0.15, -0.1) is 0 Å². The SMILES string of the molecule is CC(=O)OCC1O[C@H](N=C=S)C(OC(C)=O)[C@@H](C)[C@@H]1C. The third-order valence-corrected chi connectivity index (χ3v) is 3.57. The lowest BCUT2D eigenvalue weighted by molar-refractivity contribution is -0.201. The van der Waals surface area contributed by atoms with Gasteiger partial charge in [-0.2, -0.15) is 4.99 Å². The maximum atomic E-state index is 11.2. The Bertz CT molecular complexity index is 419. The van der Waals surface area contributed by atoms with Crippen molar-refractivity contribution in [2.24, 2.45) is 16.8 Å². The molecule has 0 aromatic rings. The van der Waals surface area contributed by atoms with E-state index in [1.54, 1.807) is 0 Å². The van der Waals surface area contributed by atoms with Crippen LogP contribution in [0.1, 0.15) is 27.7 Å². The molecular formula is C13H19NO5S. The van der Waals surface area contributed by atoms with E-state index in [4.69, 9.17) is 14.2 Å². The van der Waals surface area contributed by atoms with Crippen molar-refractivity contribution in [2.75, 3.05) is 6.61 Å². The number of esters is 2. The maximum Gasteiger partial charge on any atom is 0.303 e. The van der Waals surface area contributed by atoms with Gasteiger partial charge in [-0.1, -0.05) is 13.8 Å². The molecule has 0 aliphatic carbocycles. The molecule has 1 rings (SSSR count). The second-order valence-corrected chi connectivity index (χ2v) is 5.06. The van der Waals surface area contributed by atoms with Gasteiger partial charge in [-0.25, -0.2) is 0 Å². The fraction of sp³-hybridized carbons (Fsp3) is 0.769. The van der Waals surface area contributed by atoms with Crippen LogP contribution in [0.4, 0.5) is 0 Å². The smallest absolute Gasteiger partial charge is 0.303 e. The van der Waals surface area contributed by atoms with Crippen LogP contribution in [0.5, 0.6) is 0 Å². The Hall–Kier alpha value is -1.30. The minimum absolute atomic E-state index is 0.00897. The highest BCUT2D eigenvalue weighted by atomic mass is 32.1. The summed E-state index contributed by atoms with van der Waals surface area (Å²) >= 11 is 4.59. The van der Waals surface area contributed by atoms with Gasteiger partial charge in [0.2, 0.25) is 0 Å². The van der Waals surface area contributed by atoms with Gasteiger partial charge in [0.1, 0.15) is 6.61 Å². The summed E-state index contributed by atoms with van der Waals surface area (Å²) in [6, 6.07) is 0. The lowest BCUT2D eigenvalue weighted by atomic mass is 9.83. The molecule has 0 saturated carbocycles. The third kappa shape index (κ3) is 4.37. The minimum Gasteiger partial charge on any atom is -0.463 e. The molecule has 20 heavy (non-hydrogen) atoms. The summed E-state index contributed by atoms with van der Waals surface area (Å²) in [4.78, 5) is 26.0. The average Bonchev–Trinajstić information content (AvgIpc) is 2.36. The molecule has 0 bridgehead atoms. The van der Waals surface area contributed by atoms with Gasteiger partial charge in [0, 0.05) is 19.8 Å². The predicted octanol–water partition coefficient (Wildman–Crippen LogP) is 1.58. The Balaban J connectivity index is 2.84. The lowest BCUT2D eigenvalue weighted by Crippen LogP contribution is -2.51. The van der Waals surface area contributed by atoms with E-state index < -0.39 is 18.3 Å². The number of carbonyl (C=O) groups is 2. The summed E-state index contributed by atoms with van der Waals surface area (Å²) < 4.78 is 16.0. The van der Waals surface area contributed by atoms with Gasteiger partial charge < -0.3 is 14.2 Å². The number of thiocarbonyl (C=S) groups is 1. The van der Waals surface area contributed by atoms with Crippen LogP contribution in [0.15, 0.2) is 4.99 Å². The van der Waals surface area contributed by atoms with Crippen molar-refractivity contribution in [3.63, 3.8) is 0 Å². The van der Waals surface area contributed by atoms with Crippen molar-refractivity contribution in [1.82, 2.24) is 0 Å². The van der Waals surface area contributed by atoms with Crippen LogP contribution in [-0.2, 0) is 23.8 Å². The highest BCUT2D eigenvalue weighted by molar-refractivity contribution is 7.78. The highest BCUT2D eigenvalue weighted by Gasteiger charge is 2.43. The largest absolute Gasteiger partial charge is 0.463 e. The Morgan fingerprint density at radius 1 is 1.25 bits per heavy atom. The molecule has 0 aromatic heterocycles. The lowest BCUT2D eigenvalue weighted by Gasteiger charge is -2.41. The number of ether oxygens (including phenoxy) is 3. The number of hydrogen-bond donors (Lipinski definition) is 0. The molecule has 0 amide bonds. The first-order valence-electron chi connectivity index (χ1n) is 6.39. The first-order chi connectivity index (χ1) is 9.36. The zero-order chi connectivity index (χ0) is 15.3. The first-order valence-corrected chi connectivity index (χ1v) is 6.80. The summed E-state index contributed by atoms with van der Waals surface area (Å²) in [5, 5.41) is 2.25. The number of nitrogens with zero attached hydrogens (tertiary/aromatic N) is 1. The van der Waals surface area contributed by atoms with Crippen molar-refractivity contribution in [3.05, 3.63) is 0 Å². The normalized spacial score (nSPS) is 32.9. The molecule has 7 heteroatoms. The zero-order valence-electron chi connectivity index (χ0n) is 12.0. The fourth-order valence-corrected chi connectivity index (χ4v) is 2.29. The standard InChI is InChI=1S/C13H19NO5S/c1-7-8(2)12(18-10(4)16)13(14-6-20)19-11(7)5-17-9(3)15/h7-8,11-13H,5H2,1-4H3/t7-,8-,11?,12?,13-/m0/s1. The molecular weight excluding hydrogens is 282 g/mol. The van der Waals surface area contributed by atoms with Crippen LogP contribution in [0.2, 0.25) is 0 Å². The highest BCUT2D eigenvalue weighted by Crippen LogP contribution is 2.33. The van der Waals surface area contributed by atoms with Crippen LogP contribution in [0, 0.1) is 11.8 Å². The number of carbonyl (C=O) groups excluding carboxylic acids is 2. The maximum absolute atomic E-state index is 11.2. The van der Waals surface area contributed by atoms with Crippen molar-refractivity contribution in [3.8, 4) is 0 Å². The average molecular weight is 301 g/mol. The fourth-order valence-electron chi connectivity index (χ4n) is 2.18. The number of rotatable bonds is 4. The summed E-state index contributed by atoms with van der Waals surface area (Å²) in [7, 11) is 0. The monoisotopic (exact) mass is 301 g/mol. The van der Waals surface area contributed by atoms with Gasteiger partial charge in [0.15, 0.2) is 12.3 Å². The molecule has 1 heterocycles. The summed E-state index contributed by atoms with van der Waals surface area (Å²) in [5.41, 5.74) is 0. The third-order valence-electron chi connectivity index (χ3n) is 3.46. The molecule has 1 saturated heterocycles. The Kier molecular flexibility index (Phi) is 6.26. The minimum atomic E-state index is -0.719. The summed E-state index contributed by atoms with van der Waals surface area (Å²) in [6.45, 7) is 6.70. The first kappa shape index (κ1) is 16.8. The molecule has 1 fully saturated rings. The van der Waals surface area contributed by atoms with Crippen molar-refractivity contribution in [2.45, 2.75) is 46.1 Å². The van der Waals surface area contributed by atoms with E-state index >= 15 is 0 Å². The quantitative estimate of drug-likeness (QED) is 0.446. The zero-order valence-corrected chi connectivity index (χ0v) is 12.8. The van der Waals surface area contributed by atoms with Crippen molar-refractivity contribution < 1.29 is 23.8 Å². The van der Waals surface area contributed by atoms with E-state index in [-0.39, 0.29) is 30.5 Å². The van der Waals surface area contributed by atoms with Gasteiger partial charge in [-0.3, -0.25) is 9.59 Å². The van der Waals surface area contributed by atoms with Gasteiger partial charge in [0.25, 0.3) is 0 Å². The van der Waals surface area contributed by atoms with Crippen LogP contribution in [0.25, 0.3) is 0 Å². The van der Waals surface area contributed by atoms with E-state index in [0.29, 0.717) is 0 Å². The predicted molar refractivity (Wildman–Crippen MR) is 74.2 cm³/mol. The van der Waals surface area contributed by atoms with E-state index in [1.165, 1.54) is 13.8 Å². The van der Waals surface area contributed by atoms with Crippen LogP contribution < -0.4 is 0 Å². The van der Waals surface area contributed by atoms with E-state index in [9.17, 15) is 9.59 Å². The van der Waals surface area contributed by atoms with Gasteiger partial charge in [0.05, 0.1) is 11.3 Å². The molecule has 1 aliphatic rings. The van der Waals surface area contributed by atoms with Crippen LogP contribution >= 0.6 is 12.2 Å². The van der Waals surface area contributed by atoms with Crippen LogP contribution in [-0.4, -0.2) is 42.1 Å². The molecule has 112 valence electrons. The molecule has 2 unspecified atom stereocenters. The summed E-state index contributed by atoms with van der Waals surface area (Å²) in [5.74, 6) is -0.744. The number of aliphatic imine (C=N–C) groups is 1. The Morgan fingerprint density at radius 2 is 1.90 bits per heavy atom.